The van der Waals surface area contributed by atoms with Gasteiger partial charge in [0.25, 0.3) is 0 Å². The number of ether oxygens (including phenoxy) is 1. The Kier molecular flexibility index (Phi) is 4.17. The van der Waals surface area contributed by atoms with Crippen LogP contribution in [-0.2, 0) is 4.79 Å². The monoisotopic (exact) mass is 289 g/mol. The molecule has 0 aliphatic carbocycles. The second kappa shape index (κ2) is 6.04. The van der Waals surface area contributed by atoms with Crippen LogP contribution in [0.5, 0.6) is 11.5 Å². The molecule has 0 bridgehead atoms. The lowest BCUT2D eigenvalue weighted by Gasteiger charge is -2.04. The number of benzene rings is 1. The molecular formula is C13H11N3O3S. The van der Waals surface area contributed by atoms with E-state index in [0.717, 1.165) is 0 Å². The van der Waals surface area contributed by atoms with Gasteiger partial charge in [0, 0.05) is 10.9 Å². The SMILES string of the molecule is COc1ccc(-c2csc(NC(=O)CC#N)n2)cc1O. The number of aromatic hydroxyl groups is 1. The number of anilines is 1. The molecule has 2 N–H and O–H groups in total. The van der Waals surface area contributed by atoms with E-state index in [9.17, 15) is 9.90 Å². The number of phenols is 1. The average molecular weight is 289 g/mol. The second-order valence-electron chi connectivity index (χ2n) is 3.81. The Morgan fingerprint density at radius 2 is 2.40 bits per heavy atom. The predicted octanol–water partition coefficient (Wildman–Crippen LogP) is 2.38. The highest BCUT2D eigenvalue weighted by atomic mass is 32.1. The van der Waals surface area contributed by atoms with Gasteiger partial charge in [-0.1, -0.05) is 0 Å². The van der Waals surface area contributed by atoms with E-state index in [1.54, 1.807) is 23.6 Å². The molecule has 1 aromatic heterocycles. The van der Waals surface area contributed by atoms with Crippen molar-refractivity contribution in [3.8, 4) is 28.8 Å². The molecule has 102 valence electrons. The summed E-state index contributed by atoms with van der Waals surface area (Å²) in [6, 6.07) is 6.70. The number of rotatable bonds is 4. The minimum Gasteiger partial charge on any atom is -0.504 e. The highest BCUT2D eigenvalue weighted by Gasteiger charge is 2.10. The molecule has 0 saturated heterocycles. The number of carbonyl (C=O) groups excluding carboxylic acids is 1. The molecule has 0 saturated carbocycles. The molecule has 6 nitrogen and oxygen atoms in total. The van der Waals surface area contributed by atoms with Crippen LogP contribution in [0, 0.1) is 11.3 Å². The maximum Gasteiger partial charge on any atom is 0.240 e. The smallest absolute Gasteiger partial charge is 0.240 e. The van der Waals surface area contributed by atoms with E-state index in [2.05, 4.69) is 10.3 Å². The Hall–Kier alpha value is -2.59. The van der Waals surface area contributed by atoms with Crippen molar-refractivity contribution in [3.05, 3.63) is 23.6 Å². The minimum atomic E-state index is -0.397. The zero-order chi connectivity index (χ0) is 14.5. The van der Waals surface area contributed by atoms with E-state index in [1.807, 2.05) is 0 Å². The number of phenolic OH excluding ortho intramolecular Hbond substituents is 1. The van der Waals surface area contributed by atoms with Gasteiger partial charge in [-0.05, 0) is 18.2 Å². The van der Waals surface area contributed by atoms with Gasteiger partial charge in [0.1, 0.15) is 6.42 Å². The van der Waals surface area contributed by atoms with Gasteiger partial charge in [-0.25, -0.2) is 4.98 Å². The lowest BCUT2D eigenvalue weighted by atomic mass is 10.1. The van der Waals surface area contributed by atoms with Crippen molar-refractivity contribution in [3.63, 3.8) is 0 Å². The van der Waals surface area contributed by atoms with Gasteiger partial charge in [-0.2, -0.15) is 5.26 Å². The number of methoxy groups -OCH3 is 1. The molecule has 1 heterocycles. The van der Waals surface area contributed by atoms with Gasteiger partial charge < -0.3 is 15.2 Å². The van der Waals surface area contributed by atoms with Crippen LogP contribution >= 0.6 is 11.3 Å². The Labute approximate surface area is 119 Å². The van der Waals surface area contributed by atoms with Crippen LogP contribution < -0.4 is 10.1 Å². The summed E-state index contributed by atoms with van der Waals surface area (Å²) in [6.07, 6.45) is -0.210. The number of amides is 1. The maximum absolute atomic E-state index is 11.3. The van der Waals surface area contributed by atoms with Gasteiger partial charge in [0.05, 0.1) is 18.9 Å². The summed E-state index contributed by atoms with van der Waals surface area (Å²) in [4.78, 5) is 15.5. The molecular weight excluding hydrogens is 278 g/mol. The Morgan fingerprint density at radius 1 is 1.60 bits per heavy atom. The molecule has 0 atom stereocenters. The normalized spacial score (nSPS) is 9.80. The van der Waals surface area contributed by atoms with Gasteiger partial charge in [0.15, 0.2) is 16.6 Å². The van der Waals surface area contributed by atoms with Crippen molar-refractivity contribution in [1.82, 2.24) is 4.98 Å². The molecule has 0 spiro atoms. The topological polar surface area (TPSA) is 95.2 Å². The summed E-state index contributed by atoms with van der Waals surface area (Å²) < 4.78 is 4.97. The van der Waals surface area contributed by atoms with E-state index < -0.39 is 5.91 Å². The van der Waals surface area contributed by atoms with Crippen molar-refractivity contribution in [1.29, 1.82) is 5.26 Å². The van der Waals surface area contributed by atoms with Crippen LogP contribution in [0.4, 0.5) is 5.13 Å². The molecule has 7 heteroatoms. The molecule has 2 rings (SSSR count). The van der Waals surface area contributed by atoms with Crippen LogP contribution in [0.2, 0.25) is 0 Å². The molecule has 0 aliphatic rings. The average Bonchev–Trinajstić information content (AvgIpc) is 2.87. The number of nitrogens with one attached hydrogen (secondary N) is 1. The maximum atomic E-state index is 11.3. The number of hydrogen-bond acceptors (Lipinski definition) is 6. The van der Waals surface area contributed by atoms with Gasteiger partial charge in [-0.3, -0.25) is 4.79 Å². The predicted molar refractivity (Wildman–Crippen MR) is 74.6 cm³/mol. The van der Waals surface area contributed by atoms with Crippen molar-refractivity contribution in [2.45, 2.75) is 6.42 Å². The summed E-state index contributed by atoms with van der Waals surface area (Å²) in [5.74, 6) is 0.00516. The third-order valence-electron chi connectivity index (χ3n) is 2.46. The van der Waals surface area contributed by atoms with E-state index in [-0.39, 0.29) is 12.2 Å². The summed E-state index contributed by atoms with van der Waals surface area (Å²) >= 11 is 1.25. The van der Waals surface area contributed by atoms with E-state index in [0.29, 0.717) is 22.1 Å². The largest absolute Gasteiger partial charge is 0.504 e. The zero-order valence-electron chi connectivity index (χ0n) is 10.6. The van der Waals surface area contributed by atoms with Crippen LogP contribution in [0.3, 0.4) is 0 Å². The van der Waals surface area contributed by atoms with Crippen molar-refractivity contribution >= 4 is 22.4 Å². The van der Waals surface area contributed by atoms with Crippen LogP contribution in [-0.4, -0.2) is 23.1 Å². The first-order valence-corrected chi connectivity index (χ1v) is 6.51. The number of aromatic nitrogens is 1. The number of hydrogen-bond donors (Lipinski definition) is 2. The summed E-state index contributed by atoms with van der Waals surface area (Å²) in [6.45, 7) is 0. The first-order valence-electron chi connectivity index (χ1n) is 5.63. The van der Waals surface area contributed by atoms with Gasteiger partial charge >= 0.3 is 0 Å². The third-order valence-corrected chi connectivity index (χ3v) is 3.22. The van der Waals surface area contributed by atoms with E-state index in [4.69, 9.17) is 10.00 Å². The van der Waals surface area contributed by atoms with E-state index in [1.165, 1.54) is 24.5 Å². The fraction of sp³-hybridized carbons (Fsp3) is 0.154. The molecule has 0 radical (unpaired) electrons. The summed E-state index contributed by atoms with van der Waals surface area (Å²) in [7, 11) is 1.47. The fourth-order valence-electron chi connectivity index (χ4n) is 1.55. The van der Waals surface area contributed by atoms with Crippen molar-refractivity contribution in [2.75, 3.05) is 12.4 Å². The minimum absolute atomic E-state index is 0.0214. The Bertz CT molecular complexity index is 676. The number of carbonyl (C=O) groups is 1. The summed E-state index contributed by atoms with van der Waals surface area (Å²) in [5, 5.41) is 22.8. The second-order valence-corrected chi connectivity index (χ2v) is 4.67. The molecule has 2 aromatic rings. The van der Waals surface area contributed by atoms with Gasteiger partial charge in [-0.15, -0.1) is 11.3 Å². The van der Waals surface area contributed by atoms with Crippen LogP contribution in [0.1, 0.15) is 6.42 Å². The number of nitriles is 1. The summed E-state index contributed by atoms with van der Waals surface area (Å²) in [5.41, 5.74) is 1.33. The quantitative estimate of drug-likeness (QED) is 0.901. The standard InChI is InChI=1S/C13H11N3O3S/c1-19-11-3-2-8(6-10(11)17)9-7-20-13(15-9)16-12(18)4-5-14/h2-3,6-7,17H,4H2,1H3,(H,15,16,18). The molecule has 1 aromatic carbocycles. The third kappa shape index (κ3) is 3.05. The number of thiazole rings is 1. The molecule has 20 heavy (non-hydrogen) atoms. The first kappa shape index (κ1) is 13.8. The van der Waals surface area contributed by atoms with Crippen molar-refractivity contribution < 1.29 is 14.6 Å². The zero-order valence-corrected chi connectivity index (χ0v) is 11.4. The van der Waals surface area contributed by atoms with Crippen molar-refractivity contribution in [2.24, 2.45) is 0 Å². The molecule has 0 aliphatic heterocycles. The van der Waals surface area contributed by atoms with E-state index >= 15 is 0 Å². The lowest BCUT2D eigenvalue weighted by Crippen LogP contribution is -2.09. The highest BCUT2D eigenvalue weighted by molar-refractivity contribution is 7.14. The van der Waals surface area contributed by atoms with Crippen LogP contribution in [0.15, 0.2) is 23.6 Å². The number of nitrogens with zero attached hydrogens (tertiary/aromatic N) is 2. The molecule has 0 unspecified atom stereocenters. The highest BCUT2D eigenvalue weighted by Crippen LogP contribution is 2.32. The first-order chi connectivity index (χ1) is 9.63. The molecule has 1 amide bonds. The van der Waals surface area contributed by atoms with Gasteiger partial charge in [0.2, 0.25) is 5.91 Å². The Balaban J connectivity index is 2.18. The molecule has 0 fully saturated rings. The van der Waals surface area contributed by atoms with Crippen LogP contribution in [0.25, 0.3) is 11.3 Å². The lowest BCUT2D eigenvalue weighted by molar-refractivity contribution is -0.115. The Morgan fingerprint density at radius 3 is 3.05 bits per heavy atom. The fourth-order valence-corrected chi connectivity index (χ4v) is 2.28.